The Labute approximate surface area is 121 Å². The van der Waals surface area contributed by atoms with Crippen LogP contribution in [0.4, 0.5) is 0 Å². The molecule has 3 rings (SSSR count). The van der Waals surface area contributed by atoms with Crippen molar-refractivity contribution in [2.45, 2.75) is 26.4 Å². The molecule has 1 aliphatic heterocycles. The van der Waals surface area contributed by atoms with Gasteiger partial charge in [0.15, 0.2) is 0 Å². The van der Waals surface area contributed by atoms with E-state index in [1.165, 1.54) is 5.56 Å². The maximum Gasteiger partial charge on any atom is 0.127 e. The summed E-state index contributed by atoms with van der Waals surface area (Å²) in [5.41, 5.74) is 3.43. The van der Waals surface area contributed by atoms with Crippen molar-refractivity contribution >= 4 is 22.9 Å². The van der Waals surface area contributed by atoms with Gasteiger partial charge in [-0.2, -0.15) is 0 Å². The van der Waals surface area contributed by atoms with E-state index in [-0.39, 0.29) is 0 Å². The smallest absolute Gasteiger partial charge is 0.127 e. The molecule has 1 aromatic carbocycles. The minimum Gasteiger partial charge on any atom is -0.493 e. The van der Waals surface area contributed by atoms with E-state index >= 15 is 0 Å². The Hall–Kier alpha value is -1.10. The molecule has 0 radical (unpaired) electrons. The third-order valence-corrected chi connectivity index (χ3v) is 4.15. The molecule has 2 heterocycles. The van der Waals surface area contributed by atoms with Gasteiger partial charge in [0.2, 0.25) is 0 Å². The van der Waals surface area contributed by atoms with E-state index in [2.05, 4.69) is 15.7 Å². The summed E-state index contributed by atoms with van der Waals surface area (Å²) in [6.45, 7) is 4.30. The first-order chi connectivity index (χ1) is 9.22. The molecule has 0 spiro atoms. The van der Waals surface area contributed by atoms with E-state index < -0.39 is 0 Å². The normalized spacial score (nSPS) is 13.4. The van der Waals surface area contributed by atoms with Gasteiger partial charge in [-0.1, -0.05) is 11.6 Å². The number of aromatic nitrogens is 1. The molecule has 0 fully saturated rings. The summed E-state index contributed by atoms with van der Waals surface area (Å²) in [7, 11) is 0. The quantitative estimate of drug-likeness (QED) is 0.939. The van der Waals surface area contributed by atoms with E-state index in [0.29, 0.717) is 0 Å². The Morgan fingerprint density at radius 3 is 3.11 bits per heavy atom. The number of halogens is 1. The largest absolute Gasteiger partial charge is 0.493 e. The molecule has 1 aliphatic rings. The highest BCUT2D eigenvalue weighted by Crippen LogP contribution is 2.32. The van der Waals surface area contributed by atoms with Crippen LogP contribution in [0.15, 0.2) is 17.5 Å². The number of benzene rings is 1. The summed E-state index contributed by atoms with van der Waals surface area (Å²) in [5.74, 6) is 1.01. The Bertz CT molecular complexity index is 597. The fourth-order valence-corrected chi connectivity index (χ4v) is 3.17. The number of fused-ring (bicyclic) bond motifs is 1. The molecule has 0 amide bonds. The van der Waals surface area contributed by atoms with Gasteiger partial charge in [0.25, 0.3) is 0 Å². The average molecular weight is 295 g/mol. The zero-order valence-electron chi connectivity index (χ0n) is 10.7. The van der Waals surface area contributed by atoms with E-state index in [4.69, 9.17) is 16.3 Å². The van der Waals surface area contributed by atoms with Gasteiger partial charge in [-0.15, -0.1) is 11.3 Å². The molecule has 0 aliphatic carbocycles. The van der Waals surface area contributed by atoms with Crippen LogP contribution in [0.3, 0.4) is 0 Å². The van der Waals surface area contributed by atoms with Crippen LogP contribution < -0.4 is 10.1 Å². The number of nitrogens with one attached hydrogen (secondary N) is 1. The van der Waals surface area contributed by atoms with Crippen molar-refractivity contribution in [1.82, 2.24) is 10.3 Å². The van der Waals surface area contributed by atoms with Gasteiger partial charge in [-0.3, -0.25) is 0 Å². The number of ether oxygens (including phenoxy) is 1. The fourth-order valence-electron chi connectivity index (χ4n) is 2.29. The highest BCUT2D eigenvalue weighted by atomic mass is 35.5. The number of hydrogen-bond donors (Lipinski definition) is 1. The van der Waals surface area contributed by atoms with Crippen molar-refractivity contribution in [3.63, 3.8) is 0 Å². The van der Waals surface area contributed by atoms with Crippen molar-refractivity contribution < 1.29 is 4.74 Å². The van der Waals surface area contributed by atoms with Gasteiger partial charge in [-0.05, 0) is 24.6 Å². The van der Waals surface area contributed by atoms with Crippen LogP contribution in [-0.4, -0.2) is 11.6 Å². The van der Waals surface area contributed by atoms with Crippen molar-refractivity contribution in [2.24, 2.45) is 0 Å². The van der Waals surface area contributed by atoms with Gasteiger partial charge in [0.05, 0.1) is 17.3 Å². The van der Waals surface area contributed by atoms with E-state index in [9.17, 15) is 0 Å². The molecule has 0 atom stereocenters. The lowest BCUT2D eigenvalue weighted by atomic mass is 10.1. The second-order valence-electron chi connectivity index (χ2n) is 4.61. The van der Waals surface area contributed by atoms with Gasteiger partial charge >= 0.3 is 0 Å². The number of hydrogen-bond acceptors (Lipinski definition) is 4. The summed E-state index contributed by atoms with van der Waals surface area (Å²) < 4.78 is 5.68. The average Bonchev–Trinajstić information content (AvgIpc) is 2.98. The van der Waals surface area contributed by atoms with Gasteiger partial charge < -0.3 is 10.1 Å². The molecule has 100 valence electrons. The third kappa shape index (κ3) is 2.91. The SMILES string of the molecule is Cc1nc(CNCc2cc(Cl)cc3c2OCC3)cs1. The highest BCUT2D eigenvalue weighted by Gasteiger charge is 2.17. The van der Waals surface area contributed by atoms with Crippen LogP contribution in [-0.2, 0) is 19.5 Å². The molecule has 19 heavy (non-hydrogen) atoms. The number of aryl methyl sites for hydroxylation is 1. The lowest BCUT2D eigenvalue weighted by Gasteiger charge is -2.09. The summed E-state index contributed by atoms with van der Waals surface area (Å²) in [6.07, 6.45) is 0.953. The molecule has 0 saturated carbocycles. The highest BCUT2D eigenvalue weighted by molar-refractivity contribution is 7.09. The molecule has 0 saturated heterocycles. The molecule has 3 nitrogen and oxygen atoms in total. The van der Waals surface area contributed by atoms with Crippen molar-refractivity contribution in [1.29, 1.82) is 0 Å². The van der Waals surface area contributed by atoms with Gasteiger partial charge in [0, 0.05) is 35.5 Å². The van der Waals surface area contributed by atoms with Crippen LogP contribution in [0.25, 0.3) is 0 Å². The maximum atomic E-state index is 6.13. The second-order valence-corrected chi connectivity index (χ2v) is 6.11. The predicted molar refractivity (Wildman–Crippen MR) is 78.0 cm³/mol. The zero-order chi connectivity index (χ0) is 13.2. The first-order valence-corrected chi connectivity index (χ1v) is 7.54. The summed E-state index contributed by atoms with van der Waals surface area (Å²) in [5, 5.41) is 7.36. The van der Waals surface area contributed by atoms with E-state index in [1.54, 1.807) is 11.3 Å². The standard InChI is InChI=1S/C14H15ClN2OS/c1-9-17-13(8-19-9)7-16-6-11-5-12(15)4-10-2-3-18-14(10)11/h4-5,8,16H,2-3,6-7H2,1H3. The van der Waals surface area contributed by atoms with Gasteiger partial charge in [-0.25, -0.2) is 4.98 Å². The molecular weight excluding hydrogens is 280 g/mol. The fraction of sp³-hybridized carbons (Fsp3) is 0.357. The summed E-state index contributed by atoms with van der Waals surface area (Å²) in [4.78, 5) is 4.43. The predicted octanol–water partition coefficient (Wildman–Crippen LogP) is 3.33. The number of nitrogens with zero attached hydrogens (tertiary/aromatic N) is 1. The van der Waals surface area contributed by atoms with Crippen LogP contribution >= 0.6 is 22.9 Å². The zero-order valence-corrected chi connectivity index (χ0v) is 12.3. The van der Waals surface area contributed by atoms with Crippen LogP contribution in [0.2, 0.25) is 5.02 Å². The minimum atomic E-state index is 0.749. The topological polar surface area (TPSA) is 34.2 Å². The Morgan fingerprint density at radius 1 is 1.42 bits per heavy atom. The van der Waals surface area contributed by atoms with Gasteiger partial charge in [0.1, 0.15) is 5.75 Å². The lowest BCUT2D eigenvalue weighted by molar-refractivity contribution is 0.352. The summed E-state index contributed by atoms with van der Waals surface area (Å²) in [6, 6.07) is 3.97. The van der Waals surface area contributed by atoms with Crippen molar-refractivity contribution in [3.8, 4) is 5.75 Å². The first-order valence-electron chi connectivity index (χ1n) is 6.28. The molecule has 1 N–H and O–H groups in total. The second kappa shape index (κ2) is 5.49. The van der Waals surface area contributed by atoms with Crippen LogP contribution in [0.5, 0.6) is 5.75 Å². The van der Waals surface area contributed by atoms with E-state index in [1.807, 2.05) is 19.1 Å². The number of rotatable bonds is 4. The lowest BCUT2D eigenvalue weighted by Crippen LogP contribution is -2.13. The monoisotopic (exact) mass is 294 g/mol. The number of thiazole rings is 1. The van der Waals surface area contributed by atoms with E-state index in [0.717, 1.165) is 53.2 Å². The molecule has 0 bridgehead atoms. The van der Waals surface area contributed by atoms with Crippen LogP contribution in [0, 0.1) is 6.92 Å². The van der Waals surface area contributed by atoms with Crippen molar-refractivity contribution in [2.75, 3.05) is 6.61 Å². The Kier molecular flexibility index (Phi) is 3.73. The Balaban J connectivity index is 1.67. The first kappa shape index (κ1) is 12.9. The van der Waals surface area contributed by atoms with Crippen molar-refractivity contribution in [3.05, 3.63) is 44.4 Å². The molecule has 5 heteroatoms. The third-order valence-electron chi connectivity index (χ3n) is 3.11. The molecular formula is C14H15ClN2OS. The maximum absolute atomic E-state index is 6.13. The summed E-state index contributed by atoms with van der Waals surface area (Å²) >= 11 is 7.81. The minimum absolute atomic E-state index is 0.749. The molecule has 1 aromatic heterocycles. The van der Waals surface area contributed by atoms with Crippen LogP contribution in [0.1, 0.15) is 21.8 Å². The molecule has 0 unspecified atom stereocenters. The Morgan fingerprint density at radius 2 is 2.32 bits per heavy atom. The molecule has 2 aromatic rings.